The van der Waals surface area contributed by atoms with E-state index in [1.807, 2.05) is 18.2 Å². The number of hydrogen-bond acceptors (Lipinski definition) is 6. The van der Waals surface area contributed by atoms with E-state index in [9.17, 15) is 0 Å². The first-order valence-corrected chi connectivity index (χ1v) is 10.3. The van der Waals surface area contributed by atoms with Gasteiger partial charge in [-0.3, -0.25) is 0 Å². The van der Waals surface area contributed by atoms with E-state index in [1.54, 1.807) is 14.2 Å². The average Bonchev–Trinajstić information content (AvgIpc) is 2.38. The fraction of sp³-hybridized carbons (Fsp3) is 0.500. The molecule has 0 aliphatic carbocycles. The molecule has 0 spiro atoms. The number of ether oxygens (including phenoxy) is 2. The Kier molecular flexibility index (Phi) is 9.16. The predicted molar refractivity (Wildman–Crippen MR) is 65.9 cm³/mol. The molecule has 0 aromatic heterocycles. The summed E-state index contributed by atoms with van der Waals surface area (Å²) in [6.45, 7) is 4.50. The van der Waals surface area contributed by atoms with E-state index in [4.69, 9.17) is 28.1 Å². The van der Waals surface area contributed by atoms with Crippen molar-refractivity contribution in [2.24, 2.45) is 0 Å². The summed E-state index contributed by atoms with van der Waals surface area (Å²) in [5, 5.41) is 2.46. The van der Waals surface area contributed by atoms with Crippen LogP contribution in [0, 0.1) is 10.2 Å². The monoisotopic (exact) mass is 374 g/mol. The Labute approximate surface area is 125 Å². The zero-order valence-corrected chi connectivity index (χ0v) is 14.4. The summed E-state index contributed by atoms with van der Waals surface area (Å²) in [5.74, 6) is 1.98. The number of benzene rings is 1. The Morgan fingerprint density at radius 2 is 1.30 bits per heavy atom. The van der Waals surface area contributed by atoms with Gasteiger partial charge in [-0.15, -0.1) is 10.2 Å². The van der Waals surface area contributed by atoms with Crippen molar-refractivity contribution < 1.29 is 38.4 Å². The third kappa shape index (κ3) is 7.30. The van der Waals surface area contributed by atoms with Crippen LogP contribution < -0.4 is 32.6 Å². The molecule has 0 amide bonds. The van der Waals surface area contributed by atoms with Crippen molar-refractivity contribution in [3.63, 3.8) is 0 Å². The molecule has 6 nitrogen and oxygen atoms in total. The molecule has 1 rings (SSSR count). The van der Waals surface area contributed by atoms with Crippen molar-refractivity contribution in [2.45, 2.75) is 24.5 Å². The number of halogens is 1. The average molecular weight is 374 g/mol. The van der Waals surface area contributed by atoms with Gasteiger partial charge < -0.3 is 0 Å². The minimum absolute atomic E-state index is 0.772. The Morgan fingerprint density at radius 3 is 1.55 bits per heavy atom. The van der Waals surface area contributed by atoms with E-state index in [2.05, 4.69) is 13.8 Å². The first-order valence-electron chi connectivity index (χ1n) is 5.78. The van der Waals surface area contributed by atoms with Gasteiger partial charge in [-0.2, -0.15) is 0 Å². The summed E-state index contributed by atoms with van der Waals surface area (Å²) in [4.78, 5) is 0. The molecule has 0 N–H and O–H groups in total. The second kappa shape index (κ2) is 9.41. The van der Waals surface area contributed by atoms with Gasteiger partial charge in [0.05, 0.1) is 0 Å². The maximum absolute atomic E-state index is 8.49. The molecule has 0 unspecified atom stereocenters. The summed E-state index contributed by atoms with van der Waals surface area (Å²) < 4.78 is 46.1. The fourth-order valence-corrected chi connectivity index (χ4v) is 5.49. The van der Waals surface area contributed by atoms with Crippen LogP contribution in [0.25, 0.3) is 0 Å². The number of hydrogen-bond donors (Lipinski definition) is 0. The van der Waals surface area contributed by atoms with Gasteiger partial charge in [0.25, 0.3) is 0 Å². The van der Waals surface area contributed by atoms with Crippen LogP contribution in [0.4, 0.5) is 0 Å². The maximum atomic E-state index is 8.49. The van der Waals surface area contributed by atoms with Gasteiger partial charge in [0, 0.05) is 0 Å². The zero-order valence-electron chi connectivity index (χ0n) is 11.9. The van der Waals surface area contributed by atoms with Gasteiger partial charge in [0.1, 0.15) is 0 Å². The Morgan fingerprint density at radius 1 is 0.950 bits per heavy atom. The summed E-state index contributed by atoms with van der Waals surface area (Å²) in [7, 11) is -1.49. The van der Waals surface area contributed by atoms with E-state index in [0.29, 0.717) is 0 Å². The summed E-state index contributed by atoms with van der Waals surface area (Å²) in [6.07, 6.45) is 0. The predicted octanol–water partition coefficient (Wildman–Crippen LogP) is -2.31. The molecular formula is C12H19ClO6Se. The normalized spacial score (nSPS) is 10.8. The van der Waals surface area contributed by atoms with Crippen LogP contribution in [0.15, 0.2) is 18.2 Å². The molecule has 8 heteroatoms. The maximum Gasteiger partial charge on any atom is -0.112 e. The molecule has 1 aromatic rings. The van der Waals surface area contributed by atoms with Gasteiger partial charge in [-0.25, -0.2) is 18.6 Å². The molecule has 0 aliphatic heterocycles. The molecule has 0 heterocycles. The molecule has 1 aromatic carbocycles. The smallest absolute Gasteiger partial charge is 0.112 e. The second-order valence-corrected chi connectivity index (χ2v) is 9.54. The molecule has 0 radical (unpaired) electrons. The van der Waals surface area contributed by atoms with Crippen LogP contribution in [0.3, 0.4) is 0 Å². The van der Waals surface area contributed by atoms with Crippen molar-refractivity contribution in [3.8, 4) is 11.5 Å². The molecule has 0 bridgehead atoms. The summed E-state index contributed by atoms with van der Waals surface area (Å²) >= 11 is -0.772. The zero-order chi connectivity index (χ0) is 15.8. The van der Waals surface area contributed by atoms with E-state index < -0.39 is 24.1 Å². The largest absolute Gasteiger partial charge is 0.222 e. The Balaban J connectivity index is 0.000000621. The van der Waals surface area contributed by atoms with Gasteiger partial charge >= 0.3 is 96.2 Å². The van der Waals surface area contributed by atoms with Crippen LogP contribution in [-0.4, -0.2) is 28.1 Å². The SMILES string of the molecule is CC[Se+](CC)c1c(OC)cccc1OC.[O-][Cl+3]([O-])([O-])[O-]. The topological polar surface area (TPSA) is 111 Å². The molecule has 0 saturated carbocycles. The van der Waals surface area contributed by atoms with Crippen LogP contribution in [0.5, 0.6) is 11.5 Å². The molecule has 116 valence electrons. The van der Waals surface area contributed by atoms with Gasteiger partial charge in [0.15, 0.2) is 0 Å². The first kappa shape index (κ1) is 19.5. The summed E-state index contributed by atoms with van der Waals surface area (Å²) in [6, 6.07) is 6.04. The van der Waals surface area contributed by atoms with Crippen molar-refractivity contribution in [3.05, 3.63) is 18.2 Å². The van der Waals surface area contributed by atoms with E-state index in [0.717, 1.165) is 11.5 Å². The van der Waals surface area contributed by atoms with Crippen LogP contribution in [0.2, 0.25) is 10.6 Å². The molecular weight excluding hydrogens is 355 g/mol. The molecule has 0 saturated heterocycles. The fourth-order valence-electron chi connectivity index (χ4n) is 1.59. The first-order chi connectivity index (χ1) is 9.28. The van der Waals surface area contributed by atoms with Crippen LogP contribution in [-0.2, 0) is 0 Å². The van der Waals surface area contributed by atoms with Gasteiger partial charge in [-0.05, 0) is 0 Å². The van der Waals surface area contributed by atoms with Crippen molar-refractivity contribution in [2.75, 3.05) is 14.2 Å². The Bertz CT molecular complexity index is 364. The van der Waals surface area contributed by atoms with Crippen LogP contribution in [0.1, 0.15) is 13.8 Å². The standard InChI is InChI=1S/C12H19O2Se.ClHO4/c1-5-15(6-2)12-10(13-3)8-7-9-11(12)14-4;2-1(3,4)5/h7-9H,5-6H2,1-4H3;(H,2,3,4,5)/q+1;/p-1. The third-order valence-corrected chi connectivity index (χ3v) is 7.35. The quantitative estimate of drug-likeness (QED) is 0.536. The van der Waals surface area contributed by atoms with Gasteiger partial charge in [0.2, 0.25) is 0 Å². The molecule has 20 heavy (non-hydrogen) atoms. The minimum Gasteiger partial charge on any atom is -0.222 e. The van der Waals surface area contributed by atoms with Crippen molar-refractivity contribution >= 4 is 18.4 Å². The second-order valence-electron chi connectivity index (χ2n) is 3.44. The van der Waals surface area contributed by atoms with E-state index in [1.165, 1.54) is 15.1 Å². The van der Waals surface area contributed by atoms with Crippen LogP contribution >= 0.6 is 0 Å². The third-order valence-electron chi connectivity index (χ3n) is 2.37. The number of rotatable bonds is 5. The van der Waals surface area contributed by atoms with Crippen molar-refractivity contribution in [1.29, 1.82) is 0 Å². The molecule has 0 aliphatic rings. The van der Waals surface area contributed by atoms with Gasteiger partial charge in [-0.1, -0.05) is 0 Å². The Hall–Kier alpha value is -0.531. The van der Waals surface area contributed by atoms with E-state index >= 15 is 0 Å². The molecule has 0 fully saturated rings. The molecule has 0 atom stereocenters. The summed E-state index contributed by atoms with van der Waals surface area (Å²) in [5.41, 5.74) is 0. The van der Waals surface area contributed by atoms with Crippen molar-refractivity contribution in [1.82, 2.24) is 0 Å². The van der Waals surface area contributed by atoms with E-state index in [-0.39, 0.29) is 0 Å². The minimum atomic E-state index is -4.94. The number of methoxy groups -OCH3 is 2.